The fourth-order valence-corrected chi connectivity index (χ4v) is 3.97. The summed E-state index contributed by atoms with van der Waals surface area (Å²) < 4.78 is 5.75. The van der Waals surface area contributed by atoms with Crippen molar-refractivity contribution in [1.29, 1.82) is 0 Å². The second-order valence-electron chi connectivity index (χ2n) is 6.34. The summed E-state index contributed by atoms with van der Waals surface area (Å²) in [5.41, 5.74) is 6.23. The molecule has 0 radical (unpaired) electrons. The Morgan fingerprint density at radius 3 is 2.52 bits per heavy atom. The number of amides is 1. The van der Waals surface area contributed by atoms with E-state index in [2.05, 4.69) is 0 Å². The lowest BCUT2D eigenvalue weighted by molar-refractivity contribution is -0.133. The number of halogens is 1. The first kappa shape index (κ1) is 22.1. The highest BCUT2D eigenvalue weighted by atomic mass is 35.5. The molecule has 0 aliphatic carbocycles. The van der Waals surface area contributed by atoms with Crippen LogP contribution in [0.3, 0.4) is 0 Å². The van der Waals surface area contributed by atoms with E-state index >= 15 is 0 Å². The Kier molecular flexibility index (Phi) is 9.64. The van der Waals surface area contributed by atoms with Gasteiger partial charge in [-0.3, -0.25) is 9.59 Å². The van der Waals surface area contributed by atoms with Gasteiger partial charge in [-0.2, -0.15) is 0 Å². The van der Waals surface area contributed by atoms with E-state index in [9.17, 15) is 9.59 Å². The quantitative estimate of drug-likeness (QED) is 0.548. The summed E-state index contributed by atoms with van der Waals surface area (Å²) in [6.45, 7) is 6.74. The van der Waals surface area contributed by atoms with Crippen LogP contribution in [0, 0.1) is 13.8 Å². The maximum Gasteiger partial charge on any atom is 0.223 e. The van der Waals surface area contributed by atoms with Gasteiger partial charge < -0.3 is 15.4 Å². The molecular formula is C18H29ClN2O3S. The van der Waals surface area contributed by atoms with Gasteiger partial charge in [-0.15, -0.1) is 23.7 Å². The minimum Gasteiger partial charge on any atom is -0.378 e. The van der Waals surface area contributed by atoms with Crippen LogP contribution in [0.15, 0.2) is 6.07 Å². The minimum atomic E-state index is 0. The molecule has 1 aliphatic heterocycles. The van der Waals surface area contributed by atoms with E-state index in [1.165, 1.54) is 0 Å². The van der Waals surface area contributed by atoms with Crippen LogP contribution in [0.2, 0.25) is 0 Å². The molecule has 1 fully saturated rings. The molecule has 1 saturated heterocycles. The zero-order valence-electron chi connectivity index (χ0n) is 15.1. The number of hydrogen-bond donors (Lipinski definition) is 1. The smallest absolute Gasteiger partial charge is 0.223 e. The van der Waals surface area contributed by atoms with Gasteiger partial charge in [-0.05, 0) is 45.7 Å². The average molecular weight is 389 g/mol. The number of likely N-dealkylation sites (tertiary alicyclic amines) is 1. The summed E-state index contributed by atoms with van der Waals surface area (Å²) in [6.07, 6.45) is 3.44. The van der Waals surface area contributed by atoms with Crippen molar-refractivity contribution >= 4 is 35.4 Å². The van der Waals surface area contributed by atoms with Gasteiger partial charge in [0.2, 0.25) is 5.91 Å². The molecule has 0 atom stereocenters. The molecule has 5 nitrogen and oxygen atoms in total. The van der Waals surface area contributed by atoms with Gasteiger partial charge in [-0.25, -0.2) is 0 Å². The standard InChI is InChI=1S/C18H28N2O3S.ClH/c1-13-12-16(14(2)24-13)17(21)4-5-18(22)20-9-6-15(7-10-20)23-11-3-8-19;/h12,15H,3-11,19H2,1-2H3;1H. The van der Waals surface area contributed by atoms with E-state index in [-0.39, 0.29) is 30.2 Å². The maximum absolute atomic E-state index is 12.3. The van der Waals surface area contributed by atoms with Crippen molar-refractivity contribution in [3.63, 3.8) is 0 Å². The van der Waals surface area contributed by atoms with Gasteiger partial charge in [0, 0.05) is 47.9 Å². The molecule has 2 heterocycles. The normalized spacial score (nSPS) is 15.1. The van der Waals surface area contributed by atoms with Crippen LogP contribution in [-0.4, -0.2) is 48.9 Å². The molecule has 25 heavy (non-hydrogen) atoms. The fourth-order valence-electron chi connectivity index (χ4n) is 3.03. The van der Waals surface area contributed by atoms with Crippen molar-refractivity contribution in [2.75, 3.05) is 26.2 Å². The Morgan fingerprint density at radius 1 is 1.28 bits per heavy atom. The Hall–Kier alpha value is -0.950. The maximum atomic E-state index is 12.3. The molecule has 1 aliphatic rings. The zero-order chi connectivity index (χ0) is 17.5. The third-order valence-corrected chi connectivity index (χ3v) is 5.37. The molecule has 0 spiro atoms. The summed E-state index contributed by atoms with van der Waals surface area (Å²) in [4.78, 5) is 28.6. The monoisotopic (exact) mass is 388 g/mol. The number of ether oxygens (including phenoxy) is 1. The Balaban J connectivity index is 0.00000312. The van der Waals surface area contributed by atoms with Crippen molar-refractivity contribution in [2.24, 2.45) is 5.73 Å². The van der Waals surface area contributed by atoms with E-state index in [1.54, 1.807) is 11.3 Å². The van der Waals surface area contributed by atoms with E-state index in [0.717, 1.165) is 47.7 Å². The van der Waals surface area contributed by atoms with Crippen molar-refractivity contribution in [3.05, 3.63) is 21.4 Å². The number of carbonyl (C=O) groups is 2. The zero-order valence-corrected chi connectivity index (χ0v) is 16.7. The summed E-state index contributed by atoms with van der Waals surface area (Å²) in [5.74, 6) is 0.151. The number of carbonyl (C=O) groups excluding carboxylic acids is 2. The Labute approximate surface area is 160 Å². The molecule has 0 aromatic carbocycles. The van der Waals surface area contributed by atoms with Gasteiger partial charge in [-0.1, -0.05) is 0 Å². The number of hydrogen-bond acceptors (Lipinski definition) is 5. The molecular weight excluding hydrogens is 360 g/mol. The molecule has 1 aromatic rings. The van der Waals surface area contributed by atoms with Crippen LogP contribution >= 0.6 is 23.7 Å². The summed E-state index contributed by atoms with van der Waals surface area (Å²) in [5, 5.41) is 0. The molecule has 0 unspecified atom stereocenters. The largest absolute Gasteiger partial charge is 0.378 e. The molecule has 1 aromatic heterocycles. The number of thiophene rings is 1. The highest BCUT2D eigenvalue weighted by molar-refractivity contribution is 7.12. The lowest BCUT2D eigenvalue weighted by atomic mass is 10.0. The first-order valence-electron chi connectivity index (χ1n) is 8.71. The van der Waals surface area contributed by atoms with Crippen molar-refractivity contribution in [3.8, 4) is 0 Å². The SMILES string of the molecule is Cc1cc(C(=O)CCC(=O)N2CCC(OCCCN)CC2)c(C)s1.Cl. The van der Waals surface area contributed by atoms with Crippen LogP contribution < -0.4 is 5.73 Å². The lowest BCUT2D eigenvalue weighted by Gasteiger charge is -2.32. The van der Waals surface area contributed by atoms with Crippen molar-refractivity contribution in [1.82, 2.24) is 4.90 Å². The molecule has 0 saturated carbocycles. The van der Waals surface area contributed by atoms with E-state index in [1.807, 2.05) is 24.8 Å². The lowest BCUT2D eigenvalue weighted by Crippen LogP contribution is -2.41. The fraction of sp³-hybridized carbons (Fsp3) is 0.667. The van der Waals surface area contributed by atoms with Crippen LogP contribution in [0.4, 0.5) is 0 Å². The Bertz CT molecular complexity index is 569. The van der Waals surface area contributed by atoms with Crippen LogP contribution in [0.5, 0.6) is 0 Å². The molecule has 2 N–H and O–H groups in total. The highest BCUT2D eigenvalue weighted by Gasteiger charge is 2.23. The van der Waals surface area contributed by atoms with Crippen LogP contribution in [0.1, 0.15) is 52.2 Å². The second kappa shape index (κ2) is 10.9. The van der Waals surface area contributed by atoms with Crippen LogP contribution in [-0.2, 0) is 9.53 Å². The van der Waals surface area contributed by atoms with E-state index in [0.29, 0.717) is 26.0 Å². The number of nitrogens with two attached hydrogens (primary N) is 1. The van der Waals surface area contributed by atoms with Crippen molar-refractivity contribution < 1.29 is 14.3 Å². The molecule has 0 bridgehead atoms. The number of aryl methyl sites for hydroxylation is 2. The number of Topliss-reactive ketones (excluding diaryl/α,β-unsaturated/α-hetero) is 1. The minimum absolute atomic E-state index is 0. The topological polar surface area (TPSA) is 72.6 Å². The predicted octanol–water partition coefficient (Wildman–Crippen LogP) is 3.11. The van der Waals surface area contributed by atoms with Gasteiger partial charge >= 0.3 is 0 Å². The molecule has 1 amide bonds. The van der Waals surface area contributed by atoms with E-state index < -0.39 is 0 Å². The first-order chi connectivity index (χ1) is 11.5. The number of nitrogens with zero attached hydrogens (tertiary/aromatic N) is 1. The number of rotatable bonds is 8. The Morgan fingerprint density at radius 2 is 1.96 bits per heavy atom. The average Bonchev–Trinajstić information content (AvgIpc) is 2.91. The first-order valence-corrected chi connectivity index (χ1v) is 9.52. The third-order valence-electron chi connectivity index (χ3n) is 4.40. The highest BCUT2D eigenvalue weighted by Crippen LogP contribution is 2.22. The third kappa shape index (κ3) is 6.70. The summed E-state index contributed by atoms with van der Waals surface area (Å²) in [7, 11) is 0. The van der Waals surface area contributed by atoms with Gasteiger partial charge in [0.05, 0.1) is 6.10 Å². The second-order valence-corrected chi connectivity index (χ2v) is 7.80. The van der Waals surface area contributed by atoms with Gasteiger partial charge in [0.1, 0.15) is 0 Å². The summed E-state index contributed by atoms with van der Waals surface area (Å²) >= 11 is 1.63. The molecule has 142 valence electrons. The predicted molar refractivity (Wildman–Crippen MR) is 104 cm³/mol. The van der Waals surface area contributed by atoms with Crippen molar-refractivity contribution in [2.45, 2.75) is 52.1 Å². The van der Waals surface area contributed by atoms with Crippen LogP contribution in [0.25, 0.3) is 0 Å². The molecule has 7 heteroatoms. The number of ketones is 1. The van der Waals surface area contributed by atoms with Gasteiger partial charge in [0.25, 0.3) is 0 Å². The van der Waals surface area contributed by atoms with E-state index in [4.69, 9.17) is 10.5 Å². The summed E-state index contributed by atoms with van der Waals surface area (Å²) in [6, 6.07) is 1.93. The number of piperidine rings is 1. The molecule has 2 rings (SSSR count). The van der Waals surface area contributed by atoms with Gasteiger partial charge in [0.15, 0.2) is 5.78 Å².